The van der Waals surface area contributed by atoms with Crippen molar-refractivity contribution in [3.8, 4) is 11.5 Å². The lowest BCUT2D eigenvalue weighted by Crippen LogP contribution is -2.40. The first-order chi connectivity index (χ1) is 15.3. The first-order valence-electron chi connectivity index (χ1n) is 10.0. The smallest absolute Gasteiger partial charge is 0.281 e. The maximum absolute atomic E-state index is 14.4. The summed E-state index contributed by atoms with van der Waals surface area (Å²) in [4.78, 5) is 23.1. The monoisotopic (exact) mass is 456 g/mol. The second kappa shape index (κ2) is 9.10. The van der Waals surface area contributed by atoms with Gasteiger partial charge in [0.1, 0.15) is 5.56 Å². The largest absolute Gasteiger partial charge is 0.452 e. The van der Waals surface area contributed by atoms with Crippen LogP contribution in [0.5, 0.6) is 11.5 Å². The summed E-state index contributed by atoms with van der Waals surface area (Å²) in [5.74, 6) is -0.623. The minimum atomic E-state index is -0.733. The lowest BCUT2D eigenvalue weighted by molar-refractivity contribution is 0.0622. The molecule has 166 valence electrons. The molecule has 2 heterocycles. The van der Waals surface area contributed by atoms with E-state index in [4.69, 9.17) is 21.2 Å². The highest BCUT2D eigenvalue weighted by molar-refractivity contribution is 6.30. The Morgan fingerprint density at radius 1 is 1.25 bits per heavy atom. The van der Waals surface area contributed by atoms with E-state index in [2.05, 4.69) is 47.6 Å². The number of amidine groups is 1. The number of benzene rings is 2. The first kappa shape index (κ1) is 22.0. The van der Waals surface area contributed by atoms with E-state index < -0.39 is 11.4 Å². The molecule has 1 aliphatic heterocycles. The van der Waals surface area contributed by atoms with Crippen LogP contribution in [0.15, 0.2) is 52.4 Å². The number of hydroxylamine groups is 1. The number of halogens is 2. The van der Waals surface area contributed by atoms with E-state index in [1.165, 1.54) is 36.5 Å². The Morgan fingerprint density at radius 2 is 2.06 bits per heavy atom. The number of aliphatic imine (C=N–C) groups is 1. The molecular formula is C23H22ClFN4O3. The van der Waals surface area contributed by atoms with Gasteiger partial charge in [-0.05, 0) is 49.1 Å². The molecule has 0 bridgehead atoms. The van der Waals surface area contributed by atoms with Crippen LogP contribution < -0.4 is 15.8 Å². The highest BCUT2D eigenvalue weighted by Crippen LogP contribution is 2.30. The van der Waals surface area contributed by atoms with Gasteiger partial charge >= 0.3 is 0 Å². The molecule has 1 aliphatic rings. The third-order valence-electron chi connectivity index (χ3n) is 5.27. The molecule has 0 fully saturated rings. The number of hydrogen-bond donors (Lipinski definition) is 1. The van der Waals surface area contributed by atoms with E-state index in [0.717, 1.165) is 10.2 Å². The molecule has 2 aromatic carbocycles. The van der Waals surface area contributed by atoms with Gasteiger partial charge in [-0.2, -0.15) is 5.10 Å². The Bertz CT molecular complexity index is 1260. The number of nitrogens with zero attached hydrogens (tertiary/aromatic N) is 3. The summed E-state index contributed by atoms with van der Waals surface area (Å²) in [5, 5.41) is 3.90. The van der Waals surface area contributed by atoms with Crippen LogP contribution in [-0.4, -0.2) is 28.3 Å². The van der Waals surface area contributed by atoms with Gasteiger partial charge in [-0.3, -0.25) is 14.6 Å². The average Bonchev–Trinajstić information content (AvgIpc) is 2.77. The predicted molar refractivity (Wildman–Crippen MR) is 120 cm³/mol. The molecule has 1 aromatic heterocycles. The van der Waals surface area contributed by atoms with E-state index in [1.807, 2.05) is 0 Å². The molecular weight excluding hydrogens is 435 g/mol. The Hall–Kier alpha value is -3.23. The maximum atomic E-state index is 14.4. The van der Waals surface area contributed by atoms with Crippen molar-refractivity contribution >= 4 is 17.4 Å². The zero-order valence-electron chi connectivity index (χ0n) is 17.9. The van der Waals surface area contributed by atoms with Crippen LogP contribution in [0.1, 0.15) is 22.3 Å². The molecule has 9 heteroatoms. The average molecular weight is 457 g/mol. The van der Waals surface area contributed by atoms with Crippen molar-refractivity contribution in [3.63, 3.8) is 0 Å². The molecule has 0 spiro atoms. The fourth-order valence-electron chi connectivity index (χ4n) is 3.38. The molecule has 3 aromatic rings. The predicted octanol–water partition coefficient (Wildman–Crippen LogP) is 3.87. The van der Waals surface area contributed by atoms with Gasteiger partial charge in [0.15, 0.2) is 23.2 Å². The van der Waals surface area contributed by atoms with Crippen LogP contribution in [0.4, 0.5) is 4.39 Å². The summed E-state index contributed by atoms with van der Waals surface area (Å²) in [6, 6.07) is 10.4. The topological polar surface area (TPSA) is 77.7 Å². The molecule has 1 N–H and O–H groups in total. The molecule has 0 saturated carbocycles. The van der Waals surface area contributed by atoms with E-state index in [-0.39, 0.29) is 34.0 Å². The van der Waals surface area contributed by atoms with Crippen molar-refractivity contribution in [2.45, 2.75) is 26.3 Å². The third-order valence-corrected chi connectivity index (χ3v) is 5.57. The molecule has 0 unspecified atom stereocenters. The minimum absolute atomic E-state index is 0.0379. The molecule has 32 heavy (non-hydrogen) atoms. The normalized spacial score (nSPS) is 15.8. The molecule has 1 atom stereocenters. The minimum Gasteiger partial charge on any atom is -0.452 e. The summed E-state index contributed by atoms with van der Waals surface area (Å²) < 4.78 is 21.2. The van der Waals surface area contributed by atoms with Crippen LogP contribution in [0, 0.1) is 19.7 Å². The third kappa shape index (κ3) is 4.51. The molecule has 0 saturated heterocycles. The summed E-state index contributed by atoms with van der Waals surface area (Å²) in [7, 11) is 1.51. The van der Waals surface area contributed by atoms with Gasteiger partial charge in [0.25, 0.3) is 5.56 Å². The van der Waals surface area contributed by atoms with Crippen molar-refractivity contribution in [3.05, 3.63) is 86.0 Å². The van der Waals surface area contributed by atoms with Gasteiger partial charge in [-0.15, -0.1) is 0 Å². The van der Waals surface area contributed by atoms with E-state index >= 15 is 0 Å². The number of nitrogens with one attached hydrogen (secondary N) is 1. The summed E-state index contributed by atoms with van der Waals surface area (Å²) in [5.41, 5.74) is 5.86. The Morgan fingerprint density at radius 3 is 2.84 bits per heavy atom. The Balaban J connectivity index is 1.69. The lowest BCUT2D eigenvalue weighted by Gasteiger charge is -2.23. The standard InChI is InChI=1S/C23H22ClFN4O3/c1-13-7-8-15(9-14(13)2)10-16-12-31-28-22(27-16)20-19(11-26-29(3)23(20)30)32-18-6-4-5-17(24)21(18)25/h4-9,11,16H,10,12H2,1-3H3,(H,27,28)/t16-/m1/s1. The zero-order valence-corrected chi connectivity index (χ0v) is 18.6. The van der Waals surface area contributed by atoms with Crippen LogP contribution >= 0.6 is 11.6 Å². The van der Waals surface area contributed by atoms with Crippen molar-refractivity contribution < 1.29 is 14.0 Å². The Labute approximate surface area is 189 Å². The highest BCUT2D eigenvalue weighted by atomic mass is 35.5. The SMILES string of the molecule is Cc1ccc(C[C@@H]2CONC(c3c(Oc4cccc(Cl)c4F)cnn(C)c3=O)=N2)cc1C. The van der Waals surface area contributed by atoms with Gasteiger partial charge in [0, 0.05) is 7.05 Å². The number of ether oxygens (including phenoxy) is 1. The summed E-state index contributed by atoms with van der Waals surface area (Å²) >= 11 is 5.85. The van der Waals surface area contributed by atoms with Crippen molar-refractivity contribution in [2.24, 2.45) is 12.0 Å². The van der Waals surface area contributed by atoms with Crippen LogP contribution in [0.3, 0.4) is 0 Å². The van der Waals surface area contributed by atoms with Crippen molar-refractivity contribution in [1.29, 1.82) is 0 Å². The summed E-state index contributed by atoms with van der Waals surface area (Å²) in [6.07, 6.45) is 1.96. The second-order valence-electron chi connectivity index (χ2n) is 7.63. The van der Waals surface area contributed by atoms with E-state index in [1.54, 1.807) is 6.07 Å². The first-order valence-corrected chi connectivity index (χ1v) is 10.4. The van der Waals surface area contributed by atoms with Crippen LogP contribution in [-0.2, 0) is 18.3 Å². The quantitative estimate of drug-likeness (QED) is 0.630. The van der Waals surface area contributed by atoms with E-state index in [0.29, 0.717) is 13.0 Å². The number of aryl methyl sites for hydroxylation is 3. The van der Waals surface area contributed by atoms with E-state index in [9.17, 15) is 9.18 Å². The number of hydrogen-bond acceptors (Lipinski definition) is 6. The van der Waals surface area contributed by atoms with Gasteiger partial charge < -0.3 is 4.74 Å². The molecule has 0 amide bonds. The molecule has 0 aliphatic carbocycles. The van der Waals surface area contributed by atoms with Gasteiger partial charge in [-0.1, -0.05) is 35.9 Å². The van der Waals surface area contributed by atoms with Crippen LogP contribution in [0.25, 0.3) is 0 Å². The zero-order chi connectivity index (χ0) is 22.8. The van der Waals surface area contributed by atoms with Gasteiger partial charge in [0.2, 0.25) is 0 Å². The van der Waals surface area contributed by atoms with Gasteiger partial charge in [0.05, 0.1) is 23.9 Å². The van der Waals surface area contributed by atoms with Crippen LogP contribution in [0.2, 0.25) is 5.02 Å². The molecule has 4 rings (SSSR count). The highest BCUT2D eigenvalue weighted by Gasteiger charge is 2.25. The fourth-order valence-corrected chi connectivity index (χ4v) is 3.54. The second-order valence-corrected chi connectivity index (χ2v) is 8.04. The molecule has 7 nitrogen and oxygen atoms in total. The maximum Gasteiger partial charge on any atom is 0.281 e. The fraction of sp³-hybridized carbons (Fsp3) is 0.261. The number of rotatable bonds is 5. The number of aromatic nitrogens is 2. The summed E-state index contributed by atoms with van der Waals surface area (Å²) in [6.45, 7) is 4.46. The van der Waals surface area contributed by atoms with Crippen molar-refractivity contribution in [1.82, 2.24) is 15.3 Å². The van der Waals surface area contributed by atoms with Crippen molar-refractivity contribution in [2.75, 3.05) is 6.61 Å². The molecule has 0 radical (unpaired) electrons. The lowest BCUT2D eigenvalue weighted by atomic mass is 10.0. The Kier molecular flexibility index (Phi) is 6.25. The van der Waals surface area contributed by atoms with Gasteiger partial charge in [-0.25, -0.2) is 14.6 Å².